The van der Waals surface area contributed by atoms with E-state index in [1.165, 1.54) is 6.21 Å². The van der Waals surface area contributed by atoms with Gasteiger partial charge in [-0.15, -0.1) is 0 Å². The van der Waals surface area contributed by atoms with Crippen LogP contribution in [0.25, 0.3) is 0 Å². The molecule has 0 spiro atoms. The van der Waals surface area contributed by atoms with Crippen molar-refractivity contribution >= 4 is 35.3 Å². The van der Waals surface area contributed by atoms with E-state index in [0.29, 0.717) is 33.7 Å². The molecule has 29 heavy (non-hydrogen) atoms. The standard InChI is InChI=1S/C20H18Cl2N4O3/c1-28-16-5-6-19(29-2)14(9-16)11-23-24-20(27)18-7-8-26(25-18)12-13-3-4-15(21)10-17(13)22/h3-11H,12H2,1-2H3,(H,24,27)/b23-11-. The third-order valence-electron chi connectivity index (χ3n) is 4.03. The summed E-state index contributed by atoms with van der Waals surface area (Å²) in [6.45, 7) is 0.410. The number of rotatable bonds is 7. The first-order valence-corrected chi connectivity index (χ1v) is 9.28. The van der Waals surface area contributed by atoms with Crippen molar-refractivity contribution in [1.82, 2.24) is 15.2 Å². The number of aromatic nitrogens is 2. The highest BCUT2D eigenvalue weighted by Gasteiger charge is 2.10. The van der Waals surface area contributed by atoms with Gasteiger partial charge >= 0.3 is 0 Å². The fourth-order valence-corrected chi connectivity index (χ4v) is 3.02. The molecule has 7 nitrogen and oxygen atoms in total. The van der Waals surface area contributed by atoms with Gasteiger partial charge in [-0.05, 0) is 42.0 Å². The zero-order valence-corrected chi connectivity index (χ0v) is 17.2. The number of hydrazone groups is 1. The molecule has 2 aromatic carbocycles. The molecule has 150 valence electrons. The molecular formula is C20H18Cl2N4O3. The number of ether oxygens (including phenoxy) is 2. The molecule has 0 fully saturated rings. The minimum absolute atomic E-state index is 0.227. The molecule has 1 amide bonds. The fraction of sp³-hybridized carbons (Fsp3) is 0.150. The lowest BCUT2D eigenvalue weighted by Crippen LogP contribution is -2.18. The largest absolute Gasteiger partial charge is 0.497 e. The minimum Gasteiger partial charge on any atom is -0.497 e. The first-order valence-electron chi connectivity index (χ1n) is 8.53. The third-order valence-corrected chi connectivity index (χ3v) is 4.61. The number of carbonyl (C=O) groups is 1. The summed E-state index contributed by atoms with van der Waals surface area (Å²) in [5, 5.41) is 9.32. The molecule has 0 saturated heterocycles. The van der Waals surface area contributed by atoms with E-state index in [4.69, 9.17) is 32.7 Å². The number of halogens is 2. The van der Waals surface area contributed by atoms with E-state index in [-0.39, 0.29) is 5.69 Å². The summed E-state index contributed by atoms with van der Waals surface area (Å²) in [6.07, 6.45) is 3.17. The van der Waals surface area contributed by atoms with Crippen LogP contribution >= 0.6 is 23.2 Å². The first-order chi connectivity index (χ1) is 14.0. The number of nitrogens with one attached hydrogen (secondary N) is 1. The molecule has 1 aromatic heterocycles. The summed E-state index contributed by atoms with van der Waals surface area (Å²) < 4.78 is 12.1. The van der Waals surface area contributed by atoms with Crippen molar-refractivity contribution in [1.29, 1.82) is 0 Å². The van der Waals surface area contributed by atoms with Crippen molar-refractivity contribution in [2.24, 2.45) is 5.10 Å². The maximum Gasteiger partial charge on any atom is 0.291 e. The highest BCUT2D eigenvalue weighted by atomic mass is 35.5. The summed E-state index contributed by atoms with van der Waals surface area (Å²) in [6, 6.07) is 12.1. The van der Waals surface area contributed by atoms with Gasteiger partial charge in [0.15, 0.2) is 5.69 Å². The molecule has 0 unspecified atom stereocenters. The van der Waals surface area contributed by atoms with E-state index in [2.05, 4.69) is 15.6 Å². The van der Waals surface area contributed by atoms with Gasteiger partial charge < -0.3 is 9.47 Å². The van der Waals surface area contributed by atoms with Crippen LogP contribution in [0.1, 0.15) is 21.6 Å². The van der Waals surface area contributed by atoms with Crippen molar-refractivity contribution in [3.8, 4) is 11.5 Å². The molecule has 0 radical (unpaired) electrons. The predicted molar refractivity (Wildman–Crippen MR) is 112 cm³/mol. The lowest BCUT2D eigenvalue weighted by atomic mass is 10.2. The van der Waals surface area contributed by atoms with Gasteiger partial charge in [0.25, 0.3) is 5.91 Å². The molecule has 1 N–H and O–H groups in total. The van der Waals surface area contributed by atoms with Gasteiger partial charge in [-0.25, -0.2) is 5.43 Å². The van der Waals surface area contributed by atoms with Gasteiger partial charge in [-0.3, -0.25) is 9.48 Å². The second-order valence-electron chi connectivity index (χ2n) is 5.94. The Morgan fingerprint density at radius 3 is 2.72 bits per heavy atom. The summed E-state index contributed by atoms with van der Waals surface area (Å²) >= 11 is 12.1. The van der Waals surface area contributed by atoms with Crippen LogP contribution in [0, 0.1) is 0 Å². The molecule has 9 heteroatoms. The van der Waals surface area contributed by atoms with Crippen LogP contribution in [-0.2, 0) is 6.54 Å². The predicted octanol–water partition coefficient (Wildman–Crippen LogP) is 4.02. The van der Waals surface area contributed by atoms with Gasteiger partial charge in [0.1, 0.15) is 11.5 Å². The quantitative estimate of drug-likeness (QED) is 0.451. The Hall–Kier alpha value is -3.03. The summed E-state index contributed by atoms with van der Waals surface area (Å²) in [7, 11) is 3.12. The van der Waals surface area contributed by atoms with Crippen LogP contribution < -0.4 is 14.9 Å². The second kappa shape index (κ2) is 9.45. The number of carbonyl (C=O) groups excluding carboxylic acids is 1. The van der Waals surface area contributed by atoms with E-state index in [9.17, 15) is 4.79 Å². The van der Waals surface area contributed by atoms with Gasteiger partial charge in [-0.1, -0.05) is 29.3 Å². The Morgan fingerprint density at radius 2 is 2.00 bits per heavy atom. The minimum atomic E-state index is -0.441. The first kappa shape index (κ1) is 20.7. The molecule has 0 aliphatic heterocycles. The Balaban J connectivity index is 1.65. The van der Waals surface area contributed by atoms with E-state index in [1.807, 2.05) is 6.07 Å². The second-order valence-corrected chi connectivity index (χ2v) is 6.78. The molecule has 0 bridgehead atoms. The number of methoxy groups -OCH3 is 2. The van der Waals surface area contributed by atoms with Gasteiger partial charge in [0, 0.05) is 21.8 Å². The molecule has 0 saturated carbocycles. The van der Waals surface area contributed by atoms with Crippen molar-refractivity contribution in [3.63, 3.8) is 0 Å². The van der Waals surface area contributed by atoms with E-state index >= 15 is 0 Å². The molecule has 3 rings (SSSR count). The summed E-state index contributed by atoms with van der Waals surface area (Å²) in [5.41, 5.74) is 4.18. The summed E-state index contributed by atoms with van der Waals surface area (Å²) in [4.78, 5) is 12.3. The number of hydrogen-bond acceptors (Lipinski definition) is 5. The fourth-order valence-electron chi connectivity index (χ4n) is 2.55. The number of hydrogen-bond donors (Lipinski definition) is 1. The Morgan fingerprint density at radius 1 is 1.17 bits per heavy atom. The van der Waals surface area contributed by atoms with Crippen molar-refractivity contribution < 1.29 is 14.3 Å². The van der Waals surface area contributed by atoms with Crippen molar-refractivity contribution in [3.05, 3.63) is 75.5 Å². The lowest BCUT2D eigenvalue weighted by Gasteiger charge is -2.06. The molecule has 0 aliphatic carbocycles. The molecule has 1 heterocycles. The molecule has 0 atom stereocenters. The van der Waals surface area contributed by atoms with Crippen molar-refractivity contribution in [2.45, 2.75) is 6.54 Å². The number of benzene rings is 2. The van der Waals surface area contributed by atoms with Crippen LogP contribution in [0.5, 0.6) is 11.5 Å². The highest BCUT2D eigenvalue weighted by molar-refractivity contribution is 6.35. The number of nitrogens with zero attached hydrogens (tertiary/aromatic N) is 3. The summed E-state index contributed by atoms with van der Waals surface area (Å²) in [5.74, 6) is 0.815. The van der Waals surface area contributed by atoms with Gasteiger partial charge in [0.2, 0.25) is 0 Å². The van der Waals surface area contributed by atoms with Crippen LogP contribution in [0.3, 0.4) is 0 Å². The maximum absolute atomic E-state index is 12.3. The van der Waals surface area contributed by atoms with Crippen LogP contribution in [0.15, 0.2) is 53.8 Å². The SMILES string of the molecule is COc1ccc(OC)c(/C=N\NC(=O)c2ccn(Cc3ccc(Cl)cc3Cl)n2)c1. The lowest BCUT2D eigenvalue weighted by molar-refractivity contribution is 0.0949. The van der Waals surface area contributed by atoms with Gasteiger partial charge in [-0.2, -0.15) is 10.2 Å². The monoisotopic (exact) mass is 432 g/mol. The molecule has 0 aliphatic rings. The van der Waals surface area contributed by atoms with E-state index < -0.39 is 5.91 Å². The van der Waals surface area contributed by atoms with Crippen LogP contribution in [0.2, 0.25) is 10.0 Å². The van der Waals surface area contributed by atoms with Crippen LogP contribution in [-0.4, -0.2) is 36.1 Å². The average molecular weight is 433 g/mol. The zero-order valence-electron chi connectivity index (χ0n) is 15.7. The molecular weight excluding hydrogens is 415 g/mol. The van der Waals surface area contributed by atoms with E-state index in [1.54, 1.807) is 61.5 Å². The molecule has 3 aromatic rings. The zero-order chi connectivity index (χ0) is 20.8. The third kappa shape index (κ3) is 5.28. The Labute approximate surface area is 177 Å². The Bertz CT molecular complexity index is 1050. The highest BCUT2D eigenvalue weighted by Crippen LogP contribution is 2.23. The topological polar surface area (TPSA) is 77.7 Å². The van der Waals surface area contributed by atoms with E-state index in [0.717, 1.165) is 5.56 Å². The number of amides is 1. The average Bonchev–Trinajstić information content (AvgIpc) is 3.18. The normalized spacial score (nSPS) is 10.9. The van der Waals surface area contributed by atoms with Gasteiger partial charge in [0.05, 0.1) is 27.0 Å². The van der Waals surface area contributed by atoms with Crippen molar-refractivity contribution in [2.75, 3.05) is 14.2 Å². The maximum atomic E-state index is 12.3. The smallest absolute Gasteiger partial charge is 0.291 e. The van der Waals surface area contributed by atoms with Crippen LogP contribution in [0.4, 0.5) is 0 Å². The Kier molecular flexibility index (Phi) is 6.74.